The minimum absolute atomic E-state index is 0.0884. The Morgan fingerprint density at radius 1 is 1.32 bits per heavy atom. The summed E-state index contributed by atoms with van der Waals surface area (Å²) in [5, 5.41) is 4.18. The number of nitrogens with one attached hydrogen (secondary N) is 1. The SMILES string of the molecule is Cc1nc(C(NN)c2ccc3ncccc3c2)cs1. The number of pyridine rings is 1. The van der Waals surface area contributed by atoms with Crippen LogP contribution in [0.1, 0.15) is 22.3 Å². The van der Waals surface area contributed by atoms with Gasteiger partial charge in [0.2, 0.25) is 0 Å². The third-order valence-corrected chi connectivity index (χ3v) is 3.85. The maximum absolute atomic E-state index is 5.69. The third-order valence-electron chi connectivity index (χ3n) is 3.06. The van der Waals surface area contributed by atoms with E-state index in [1.165, 1.54) is 0 Å². The molecule has 3 N–H and O–H groups in total. The molecule has 0 amide bonds. The van der Waals surface area contributed by atoms with Gasteiger partial charge in [0.25, 0.3) is 0 Å². The number of aromatic nitrogens is 2. The van der Waals surface area contributed by atoms with Crippen LogP contribution in [0.4, 0.5) is 0 Å². The lowest BCUT2D eigenvalue weighted by Gasteiger charge is -2.14. The quantitative estimate of drug-likeness (QED) is 0.567. The van der Waals surface area contributed by atoms with Gasteiger partial charge in [0, 0.05) is 17.0 Å². The Morgan fingerprint density at radius 3 is 2.95 bits per heavy atom. The van der Waals surface area contributed by atoms with Crippen LogP contribution in [0.15, 0.2) is 41.9 Å². The van der Waals surface area contributed by atoms with Crippen molar-refractivity contribution in [3.63, 3.8) is 0 Å². The molecule has 0 bridgehead atoms. The molecule has 2 aromatic heterocycles. The molecule has 3 rings (SSSR count). The van der Waals surface area contributed by atoms with Gasteiger partial charge >= 0.3 is 0 Å². The van der Waals surface area contributed by atoms with Gasteiger partial charge in [-0.1, -0.05) is 12.1 Å². The summed E-state index contributed by atoms with van der Waals surface area (Å²) in [4.78, 5) is 8.82. The molecule has 1 aromatic carbocycles. The monoisotopic (exact) mass is 270 g/mol. The van der Waals surface area contributed by atoms with Gasteiger partial charge in [0.15, 0.2) is 0 Å². The molecule has 0 aliphatic rings. The zero-order valence-electron chi connectivity index (χ0n) is 10.5. The third kappa shape index (κ3) is 2.35. The maximum Gasteiger partial charge on any atom is 0.0898 e. The molecule has 0 aliphatic heterocycles. The number of rotatable bonds is 3. The smallest absolute Gasteiger partial charge is 0.0898 e. The van der Waals surface area contributed by atoms with Gasteiger partial charge in [-0.15, -0.1) is 11.3 Å². The zero-order chi connectivity index (χ0) is 13.2. The molecule has 5 heteroatoms. The topological polar surface area (TPSA) is 63.8 Å². The van der Waals surface area contributed by atoms with Gasteiger partial charge < -0.3 is 0 Å². The summed E-state index contributed by atoms with van der Waals surface area (Å²) in [7, 11) is 0. The molecule has 1 unspecified atom stereocenters. The summed E-state index contributed by atoms with van der Waals surface area (Å²) in [6, 6.07) is 10.0. The lowest BCUT2D eigenvalue weighted by molar-refractivity contribution is 0.623. The van der Waals surface area contributed by atoms with Gasteiger partial charge in [0.1, 0.15) is 0 Å². The molecular weight excluding hydrogens is 256 g/mol. The highest BCUT2D eigenvalue weighted by atomic mass is 32.1. The second kappa shape index (κ2) is 5.05. The Hall–Kier alpha value is -1.82. The van der Waals surface area contributed by atoms with E-state index in [-0.39, 0.29) is 6.04 Å². The lowest BCUT2D eigenvalue weighted by atomic mass is 10.0. The molecule has 0 radical (unpaired) electrons. The molecule has 4 nitrogen and oxygen atoms in total. The Kier molecular flexibility index (Phi) is 3.25. The number of hydrazine groups is 1. The number of hydrogen-bond donors (Lipinski definition) is 2. The average Bonchev–Trinajstić information content (AvgIpc) is 2.86. The van der Waals surface area contributed by atoms with Gasteiger partial charge in [-0.2, -0.15) is 0 Å². The first-order valence-electron chi connectivity index (χ1n) is 6.01. The molecular formula is C14H14N4S. The summed E-state index contributed by atoms with van der Waals surface area (Å²) in [5.74, 6) is 5.69. The van der Waals surface area contributed by atoms with Crippen LogP contribution in [0.2, 0.25) is 0 Å². The molecule has 0 aliphatic carbocycles. The number of hydrogen-bond acceptors (Lipinski definition) is 5. The minimum atomic E-state index is -0.0884. The van der Waals surface area contributed by atoms with E-state index in [9.17, 15) is 0 Å². The van der Waals surface area contributed by atoms with Crippen LogP contribution in [0.3, 0.4) is 0 Å². The summed E-state index contributed by atoms with van der Waals surface area (Å²) in [5.41, 5.74) is 5.86. The number of benzene rings is 1. The lowest BCUT2D eigenvalue weighted by Crippen LogP contribution is -2.29. The Labute approximate surface area is 115 Å². The van der Waals surface area contributed by atoms with Crippen molar-refractivity contribution in [1.82, 2.24) is 15.4 Å². The van der Waals surface area contributed by atoms with Gasteiger partial charge in [0.05, 0.1) is 22.3 Å². The van der Waals surface area contributed by atoms with Crippen LogP contribution in [0, 0.1) is 6.92 Å². The molecule has 96 valence electrons. The summed E-state index contributed by atoms with van der Waals surface area (Å²) >= 11 is 1.63. The first-order valence-corrected chi connectivity index (χ1v) is 6.89. The van der Waals surface area contributed by atoms with Crippen molar-refractivity contribution in [2.45, 2.75) is 13.0 Å². The van der Waals surface area contributed by atoms with Crippen LogP contribution in [0.25, 0.3) is 10.9 Å². The molecule has 0 spiro atoms. The second-order valence-electron chi connectivity index (χ2n) is 4.35. The number of thiazole rings is 1. The fourth-order valence-electron chi connectivity index (χ4n) is 2.14. The van der Waals surface area contributed by atoms with Crippen LogP contribution < -0.4 is 11.3 Å². The average molecular weight is 270 g/mol. The number of nitrogens with zero attached hydrogens (tertiary/aromatic N) is 2. The minimum Gasteiger partial charge on any atom is -0.271 e. The number of fused-ring (bicyclic) bond motifs is 1. The van der Waals surface area contributed by atoms with E-state index in [1.807, 2.05) is 36.6 Å². The van der Waals surface area contributed by atoms with Crippen LogP contribution >= 0.6 is 11.3 Å². The molecule has 0 saturated heterocycles. The van der Waals surface area contributed by atoms with Crippen molar-refractivity contribution < 1.29 is 0 Å². The molecule has 2 heterocycles. The summed E-state index contributed by atoms with van der Waals surface area (Å²) in [6.07, 6.45) is 1.80. The van der Waals surface area contributed by atoms with E-state index in [4.69, 9.17) is 5.84 Å². The predicted molar refractivity (Wildman–Crippen MR) is 77.8 cm³/mol. The highest BCUT2D eigenvalue weighted by molar-refractivity contribution is 7.09. The second-order valence-corrected chi connectivity index (χ2v) is 5.41. The van der Waals surface area contributed by atoms with E-state index in [0.717, 1.165) is 27.2 Å². The Balaban J connectivity index is 2.06. The molecule has 1 atom stereocenters. The first kappa shape index (κ1) is 12.2. The van der Waals surface area contributed by atoms with Crippen molar-refractivity contribution >= 4 is 22.2 Å². The van der Waals surface area contributed by atoms with E-state index in [0.29, 0.717) is 0 Å². The van der Waals surface area contributed by atoms with E-state index in [1.54, 1.807) is 17.5 Å². The summed E-state index contributed by atoms with van der Waals surface area (Å²) < 4.78 is 0. The first-order chi connectivity index (χ1) is 9.28. The van der Waals surface area contributed by atoms with Crippen molar-refractivity contribution in [2.75, 3.05) is 0 Å². The predicted octanol–water partition coefficient (Wildman–Crippen LogP) is 2.55. The van der Waals surface area contributed by atoms with Crippen molar-refractivity contribution in [3.8, 4) is 0 Å². The van der Waals surface area contributed by atoms with Gasteiger partial charge in [-0.3, -0.25) is 10.8 Å². The largest absolute Gasteiger partial charge is 0.271 e. The van der Waals surface area contributed by atoms with E-state index in [2.05, 4.69) is 21.5 Å². The highest BCUT2D eigenvalue weighted by Gasteiger charge is 2.15. The molecule has 0 fully saturated rings. The van der Waals surface area contributed by atoms with E-state index >= 15 is 0 Å². The standard InChI is InChI=1S/C14H14N4S/c1-9-17-13(8-19-9)14(18-15)11-4-5-12-10(7-11)3-2-6-16-12/h2-8,14,18H,15H2,1H3. The fraction of sp³-hybridized carbons (Fsp3) is 0.143. The number of aryl methyl sites for hydroxylation is 1. The zero-order valence-corrected chi connectivity index (χ0v) is 11.3. The van der Waals surface area contributed by atoms with E-state index < -0.39 is 0 Å². The molecule has 3 aromatic rings. The van der Waals surface area contributed by atoms with Crippen molar-refractivity contribution in [1.29, 1.82) is 0 Å². The Bertz CT molecular complexity index is 707. The van der Waals surface area contributed by atoms with Crippen LogP contribution in [0.5, 0.6) is 0 Å². The normalized spacial score (nSPS) is 12.7. The Morgan fingerprint density at radius 2 is 2.21 bits per heavy atom. The highest BCUT2D eigenvalue weighted by Crippen LogP contribution is 2.25. The van der Waals surface area contributed by atoms with Gasteiger partial charge in [-0.25, -0.2) is 10.4 Å². The maximum atomic E-state index is 5.69. The number of nitrogens with two attached hydrogens (primary N) is 1. The van der Waals surface area contributed by atoms with Crippen molar-refractivity contribution in [3.05, 3.63) is 58.2 Å². The van der Waals surface area contributed by atoms with Gasteiger partial charge in [-0.05, 0) is 30.7 Å². The summed E-state index contributed by atoms with van der Waals surface area (Å²) in [6.45, 7) is 1.99. The molecule has 0 saturated carbocycles. The molecule has 19 heavy (non-hydrogen) atoms. The van der Waals surface area contributed by atoms with Crippen LogP contribution in [-0.2, 0) is 0 Å². The van der Waals surface area contributed by atoms with Crippen LogP contribution in [-0.4, -0.2) is 9.97 Å². The van der Waals surface area contributed by atoms with Crippen molar-refractivity contribution in [2.24, 2.45) is 5.84 Å². The fourth-order valence-corrected chi connectivity index (χ4v) is 2.78.